The molecule has 4 nitrogen and oxygen atoms in total. The van der Waals surface area contributed by atoms with E-state index >= 15 is 0 Å². The minimum Gasteiger partial charge on any atom is -0.381 e. The molecular formula is C72H74N4P2. The van der Waals surface area contributed by atoms with Crippen molar-refractivity contribution >= 4 is 70.4 Å². The lowest BCUT2D eigenvalue weighted by Gasteiger charge is -2.25. The molecule has 10 rings (SSSR count). The number of hydrogen-bond donors (Lipinski definition) is 4. The summed E-state index contributed by atoms with van der Waals surface area (Å²) in [5.41, 5.74) is 20.3. The minimum atomic E-state index is -0.753. The van der Waals surface area contributed by atoms with E-state index in [0.29, 0.717) is 0 Å². The minimum absolute atomic E-state index is 0.753. The summed E-state index contributed by atoms with van der Waals surface area (Å²) >= 11 is 0. The van der Waals surface area contributed by atoms with E-state index in [1.807, 2.05) is 0 Å². The molecule has 0 aliphatic rings. The molecule has 0 saturated carbocycles. The van der Waals surface area contributed by atoms with Gasteiger partial charge in [-0.25, -0.2) is 0 Å². The summed E-state index contributed by atoms with van der Waals surface area (Å²) in [6.45, 7) is 20.4. The number of aryl methyl sites for hydroxylation is 8. The molecular weight excluding hydrogens is 983 g/mol. The van der Waals surface area contributed by atoms with Gasteiger partial charge in [0.1, 0.15) is 0 Å². The van der Waals surface area contributed by atoms with E-state index in [1.54, 1.807) is 0 Å². The number of benzene rings is 10. The average molecular weight is 1060 g/mol. The van der Waals surface area contributed by atoms with Gasteiger partial charge in [0.15, 0.2) is 0 Å². The zero-order chi connectivity index (χ0) is 54.4. The van der Waals surface area contributed by atoms with Crippen molar-refractivity contribution in [2.75, 3.05) is 21.3 Å². The predicted molar refractivity (Wildman–Crippen MR) is 343 cm³/mol. The summed E-state index contributed by atoms with van der Waals surface area (Å²) < 4.78 is 0. The van der Waals surface area contributed by atoms with Crippen LogP contribution in [0.1, 0.15) is 66.8 Å². The Balaban J connectivity index is 0.000000190. The Morgan fingerprint density at radius 3 is 0.641 bits per heavy atom. The average Bonchev–Trinajstić information content (AvgIpc) is 3.42. The first-order chi connectivity index (χ1) is 37.9. The quantitative estimate of drug-likeness (QED) is 0.0647. The van der Waals surface area contributed by atoms with Crippen molar-refractivity contribution < 1.29 is 0 Å². The molecule has 0 saturated heterocycles. The fourth-order valence-corrected chi connectivity index (χ4v) is 15.9. The molecule has 392 valence electrons. The van der Waals surface area contributed by atoms with Crippen molar-refractivity contribution in [3.8, 4) is 0 Å². The van der Waals surface area contributed by atoms with E-state index in [4.69, 9.17) is 0 Å². The fraction of sp³-hybridized carbons (Fsp3) is 0.167. The van der Waals surface area contributed by atoms with Crippen molar-refractivity contribution in [2.24, 2.45) is 0 Å². The van der Waals surface area contributed by atoms with E-state index in [9.17, 15) is 0 Å². The normalized spacial score (nSPS) is 11.0. The van der Waals surface area contributed by atoms with Crippen LogP contribution in [0.3, 0.4) is 0 Å². The molecule has 0 aromatic heterocycles. The Morgan fingerprint density at radius 2 is 0.423 bits per heavy atom. The molecule has 4 N–H and O–H groups in total. The van der Waals surface area contributed by atoms with Crippen LogP contribution in [0, 0.1) is 55.4 Å². The van der Waals surface area contributed by atoms with Crippen molar-refractivity contribution in [3.63, 3.8) is 0 Å². The molecule has 0 amide bonds. The Labute approximate surface area is 468 Å². The van der Waals surface area contributed by atoms with Crippen LogP contribution in [-0.2, 0) is 26.2 Å². The van der Waals surface area contributed by atoms with Gasteiger partial charge < -0.3 is 21.3 Å². The highest BCUT2D eigenvalue weighted by molar-refractivity contribution is 7.80. The maximum absolute atomic E-state index is 3.71. The molecule has 6 heteroatoms. The Bertz CT molecular complexity index is 3070. The zero-order valence-electron chi connectivity index (χ0n) is 46.7. The highest BCUT2D eigenvalue weighted by atomic mass is 31.1. The van der Waals surface area contributed by atoms with Crippen LogP contribution in [0.5, 0.6) is 0 Å². The Morgan fingerprint density at radius 1 is 0.231 bits per heavy atom. The van der Waals surface area contributed by atoms with Crippen LogP contribution >= 0.6 is 15.8 Å². The van der Waals surface area contributed by atoms with Gasteiger partial charge in [-0.1, -0.05) is 182 Å². The molecule has 0 unspecified atom stereocenters. The maximum atomic E-state index is 3.71. The van der Waals surface area contributed by atoms with Gasteiger partial charge in [0.25, 0.3) is 0 Å². The zero-order valence-corrected chi connectivity index (χ0v) is 48.5. The molecule has 0 spiro atoms. The molecule has 10 aromatic rings. The molecule has 0 atom stereocenters. The lowest BCUT2D eigenvalue weighted by atomic mass is 10.1. The first kappa shape index (κ1) is 55.0. The number of nitrogens with one attached hydrogen (secondary N) is 4. The number of anilines is 4. The second-order valence-electron chi connectivity index (χ2n) is 20.8. The SMILES string of the molecule is Cc1cc(C)cc(NCc2ccccc2P(c2ccccc2)c2ccccc2CNc2cc(C)cc(C)c2)c1.Cc1cc(C)cc(NCc2ccccc2P(c2ccccc2)c2ccccc2CNc2cc(C)cc(C)c2)c1. The van der Waals surface area contributed by atoms with Gasteiger partial charge in [0.2, 0.25) is 0 Å². The third kappa shape index (κ3) is 14.8. The van der Waals surface area contributed by atoms with Crippen molar-refractivity contribution in [1.29, 1.82) is 0 Å². The van der Waals surface area contributed by atoms with E-state index in [2.05, 4.69) is 307 Å². The standard InChI is InChI=1S/2C36H37N2P/c2*1-26-18-27(2)21-32(20-26)37-24-30-12-8-10-16-35(30)39(34-14-6-5-7-15-34)36-17-11-9-13-31(36)25-38-33-22-28(3)19-29(4)23-33/h2*5-23,37-38H,24-25H2,1-4H3. The fourth-order valence-electron chi connectivity index (χ4n) is 10.6. The van der Waals surface area contributed by atoms with Crippen molar-refractivity contribution in [3.05, 3.63) is 297 Å². The molecule has 0 heterocycles. The van der Waals surface area contributed by atoms with E-state index < -0.39 is 15.8 Å². The molecule has 10 aromatic carbocycles. The summed E-state index contributed by atoms with van der Waals surface area (Å²) in [6, 6.07) is 84.5. The highest BCUT2D eigenvalue weighted by Crippen LogP contribution is 2.38. The lowest BCUT2D eigenvalue weighted by molar-refractivity contribution is 1.15. The van der Waals surface area contributed by atoms with Crippen LogP contribution in [0.4, 0.5) is 22.7 Å². The van der Waals surface area contributed by atoms with Crippen LogP contribution in [0.25, 0.3) is 0 Å². The topological polar surface area (TPSA) is 48.1 Å². The van der Waals surface area contributed by atoms with Crippen LogP contribution < -0.4 is 53.1 Å². The second-order valence-corrected chi connectivity index (χ2v) is 25.1. The number of rotatable bonds is 18. The molecule has 0 bridgehead atoms. The van der Waals surface area contributed by atoms with Crippen LogP contribution in [0.2, 0.25) is 0 Å². The third-order valence-corrected chi connectivity index (χ3v) is 19.1. The van der Waals surface area contributed by atoms with E-state index in [-0.39, 0.29) is 0 Å². The van der Waals surface area contributed by atoms with Crippen molar-refractivity contribution in [1.82, 2.24) is 0 Å². The van der Waals surface area contributed by atoms with Gasteiger partial charge in [-0.15, -0.1) is 0 Å². The highest BCUT2D eigenvalue weighted by Gasteiger charge is 2.24. The Kier molecular flexibility index (Phi) is 18.7. The van der Waals surface area contributed by atoms with E-state index in [0.717, 1.165) is 26.2 Å². The second kappa shape index (κ2) is 26.5. The summed E-state index contributed by atoms with van der Waals surface area (Å²) in [6.07, 6.45) is 0. The largest absolute Gasteiger partial charge is 0.381 e. The Hall–Kier alpha value is -7.74. The lowest BCUT2D eigenvalue weighted by Crippen LogP contribution is -2.27. The van der Waals surface area contributed by atoms with Gasteiger partial charge in [-0.05, 0) is 218 Å². The first-order valence-electron chi connectivity index (χ1n) is 27.2. The number of hydrogen-bond acceptors (Lipinski definition) is 4. The first-order valence-corrected chi connectivity index (χ1v) is 29.9. The van der Waals surface area contributed by atoms with Gasteiger partial charge in [0, 0.05) is 48.9 Å². The molecule has 78 heavy (non-hydrogen) atoms. The van der Waals surface area contributed by atoms with E-state index in [1.165, 1.54) is 121 Å². The predicted octanol–water partition coefficient (Wildman–Crippen LogP) is 15.8. The van der Waals surface area contributed by atoms with Gasteiger partial charge in [-0.2, -0.15) is 0 Å². The summed E-state index contributed by atoms with van der Waals surface area (Å²) in [4.78, 5) is 0. The van der Waals surface area contributed by atoms with Gasteiger partial charge >= 0.3 is 0 Å². The van der Waals surface area contributed by atoms with Gasteiger partial charge in [0.05, 0.1) is 0 Å². The van der Waals surface area contributed by atoms with Crippen LogP contribution in [0.15, 0.2) is 231 Å². The molecule has 0 aliphatic carbocycles. The monoisotopic (exact) mass is 1060 g/mol. The van der Waals surface area contributed by atoms with Crippen molar-refractivity contribution in [2.45, 2.75) is 81.6 Å². The third-order valence-electron chi connectivity index (χ3n) is 13.8. The summed E-state index contributed by atoms with van der Waals surface area (Å²) in [7, 11) is -1.51. The molecule has 0 aliphatic heterocycles. The summed E-state index contributed by atoms with van der Waals surface area (Å²) in [5.74, 6) is 0. The molecule has 0 radical (unpaired) electrons. The van der Waals surface area contributed by atoms with Gasteiger partial charge in [-0.3, -0.25) is 0 Å². The smallest absolute Gasteiger partial charge is 0.0407 e. The van der Waals surface area contributed by atoms with Crippen LogP contribution in [-0.4, -0.2) is 0 Å². The maximum Gasteiger partial charge on any atom is 0.0407 e. The summed E-state index contributed by atoms with van der Waals surface area (Å²) in [5, 5.41) is 23.2. The molecule has 0 fully saturated rings.